The van der Waals surface area contributed by atoms with E-state index < -0.39 is 0 Å². The number of hydrogen-bond donors (Lipinski definition) is 4. The second-order valence-electron chi connectivity index (χ2n) is 13.9. The fraction of sp³-hybridized carbons (Fsp3) is 0.967. The summed E-state index contributed by atoms with van der Waals surface area (Å²) >= 11 is 0. The Labute approximate surface area is 218 Å². The van der Waals surface area contributed by atoms with Crippen LogP contribution in [0.5, 0.6) is 0 Å². The molecular formula is C30H52N2O4. The predicted octanol–water partition coefficient (Wildman–Crippen LogP) is 3.58. The summed E-state index contributed by atoms with van der Waals surface area (Å²) in [6.45, 7) is 11.0. The van der Waals surface area contributed by atoms with Crippen molar-refractivity contribution >= 4 is 5.91 Å². The van der Waals surface area contributed by atoms with Gasteiger partial charge in [0.25, 0.3) is 0 Å². The molecule has 4 aliphatic carbocycles. The van der Waals surface area contributed by atoms with Crippen molar-refractivity contribution in [2.45, 2.75) is 110 Å². The Hall–Kier alpha value is -0.690. The van der Waals surface area contributed by atoms with Crippen LogP contribution in [0.25, 0.3) is 0 Å². The fourth-order valence-corrected chi connectivity index (χ4v) is 10.1. The van der Waals surface area contributed by atoms with Crippen molar-refractivity contribution < 1.29 is 20.1 Å². The first-order valence-corrected chi connectivity index (χ1v) is 15.2. The Balaban J connectivity index is 1.21. The number of aliphatic hydroxyl groups is 3. The molecule has 5 rings (SSSR count). The summed E-state index contributed by atoms with van der Waals surface area (Å²) in [7, 11) is 0. The second-order valence-corrected chi connectivity index (χ2v) is 13.9. The molecule has 1 aliphatic heterocycles. The highest BCUT2D eigenvalue weighted by molar-refractivity contribution is 5.75. The first kappa shape index (κ1) is 26.9. The van der Waals surface area contributed by atoms with Gasteiger partial charge in [0.1, 0.15) is 0 Å². The maximum absolute atomic E-state index is 12.6. The number of carbonyl (C=O) groups is 1. The Morgan fingerprint density at radius 1 is 1.03 bits per heavy atom. The van der Waals surface area contributed by atoms with Crippen molar-refractivity contribution in [2.24, 2.45) is 46.3 Å². The van der Waals surface area contributed by atoms with Crippen molar-refractivity contribution in [1.82, 2.24) is 10.2 Å². The van der Waals surface area contributed by atoms with Crippen LogP contribution >= 0.6 is 0 Å². The van der Waals surface area contributed by atoms with Gasteiger partial charge in [-0.15, -0.1) is 0 Å². The summed E-state index contributed by atoms with van der Waals surface area (Å²) in [6, 6.07) is 0. The molecule has 5 aliphatic rings. The van der Waals surface area contributed by atoms with Gasteiger partial charge in [-0.2, -0.15) is 0 Å². The van der Waals surface area contributed by atoms with Crippen LogP contribution in [0.4, 0.5) is 0 Å². The van der Waals surface area contributed by atoms with Gasteiger partial charge < -0.3 is 25.5 Å². The second kappa shape index (κ2) is 10.5. The van der Waals surface area contributed by atoms with Crippen molar-refractivity contribution in [3.8, 4) is 0 Å². The van der Waals surface area contributed by atoms with Crippen molar-refractivity contribution in [3.63, 3.8) is 0 Å². The third-order valence-corrected chi connectivity index (χ3v) is 12.3. The molecule has 6 heteroatoms. The van der Waals surface area contributed by atoms with Gasteiger partial charge in [0.15, 0.2) is 0 Å². The highest BCUT2D eigenvalue weighted by atomic mass is 16.3. The van der Waals surface area contributed by atoms with Crippen LogP contribution in [-0.4, -0.2) is 70.6 Å². The number of aliphatic hydroxyl groups excluding tert-OH is 3. The number of nitrogens with zero attached hydrogens (tertiary/aromatic N) is 1. The molecule has 36 heavy (non-hydrogen) atoms. The molecule has 4 saturated carbocycles. The van der Waals surface area contributed by atoms with Gasteiger partial charge in [-0.05, 0) is 124 Å². The van der Waals surface area contributed by atoms with Gasteiger partial charge in [-0.1, -0.05) is 20.8 Å². The topological polar surface area (TPSA) is 93.0 Å². The zero-order valence-electron chi connectivity index (χ0n) is 23.0. The molecule has 0 aromatic rings. The number of nitrogens with one attached hydrogen (secondary N) is 1. The summed E-state index contributed by atoms with van der Waals surface area (Å²) in [6.07, 6.45) is 9.46. The van der Waals surface area contributed by atoms with Crippen molar-refractivity contribution in [2.75, 3.05) is 26.2 Å². The highest BCUT2D eigenvalue weighted by Gasteiger charge is 2.65. The zero-order chi connectivity index (χ0) is 25.7. The van der Waals surface area contributed by atoms with Gasteiger partial charge in [0.2, 0.25) is 5.91 Å². The number of carbonyl (C=O) groups excluding carboxylic acids is 1. The maximum Gasteiger partial charge on any atom is 0.220 e. The molecule has 0 radical (unpaired) electrons. The first-order valence-electron chi connectivity index (χ1n) is 15.2. The van der Waals surface area contributed by atoms with E-state index in [0.717, 1.165) is 77.5 Å². The van der Waals surface area contributed by atoms with Gasteiger partial charge in [-0.25, -0.2) is 0 Å². The molecule has 0 spiro atoms. The lowest BCUT2D eigenvalue weighted by Crippen LogP contribution is -2.62. The zero-order valence-corrected chi connectivity index (χ0v) is 23.0. The smallest absolute Gasteiger partial charge is 0.220 e. The third kappa shape index (κ3) is 4.67. The van der Waals surface area contributed by atoms with Crippen molar-refractivity contribution in [1.29, 1.82) is 0 Å². The molecule has 0 aromatic carbocycles. The van der Waals surface area contributed by atoms with Crippen LogP contribution in [0.1, 0.15) is 91.4 Å². The molecule has 0 bridgehead atoms. The minimum atomic E-state index is -0.359. The SMILES string of the molecule is C[C@H](CCC(=O)NCCN1CCCC1)C1CC[C@H]2[C@@H]3[C@H](O)C[C@@H]4C[C@H](O)CC[C@]4(C)[C@H]3C[C@H](O)[C@]12C. The van der Waals surface area contributed by atoms with Crippen LogP contribution < -0.4 is 5.32 Å². The van der Waals surface area contributed by atoms with E-state index in [1.807, 2.05) is 0 Å². The van der Waals surface area contributed by atoms with E-state index in [9.17, 15) is 20.1 Å². The largest absolute Gasteiger partial charge is 0.393 e. The quantitative estimate of drug-likeness (QED) is 0.425. The number of hydrogen-bond acceptors (Lipinski definition) is 5. The summed E-state index contributed by atoms with van der Waals surface area (Å²) in [5.74, 6) is 2.21. The Kier molecular flexibility index (Phi) is 7.82. The van der Waals surface area contributed by atoms with Gasteiger partial charge >= 0.3 is 0 Å². The van der Waals surface area contributed by atoms with E-state index in [0.29, 0.717) is 36.0 Å². The van der Waals surface area contributed by atoms with E-state index >= 15 is 0 Å². The molecular weight excluding hydrogens is 452 g/mol. The molecule has 1 unspecified atom stereocenters. The van der Waals surface area contributed by atoms with E-state index in [4.69, 9.17) is 0 Å². The minimum absolute atomic E-state index is 0.113. The lowest BCUT2D eigenvalue weighted by atomic mass is 9.43. The molecule has 6 nitrogen and oxygen atoms in total. The van der Waals surface area contributed by atoms with E-state index in [-0.39, 0.29) is 41.0 Å². The molecule has 1 amide bonds. The number of fused-ring (bicyclic) bond motifs is 5. The molecule has 5 fully saturated rings. The predicted molar refractivity (Wildman–Crippen MR) is 141 cm³/mol. The molecule has 1 saturated heterocycles. The molecule has 4 N–H and O–H groups in total. The van der Waals surface area contributed by atoms with Crippen LogP contribution in [0.15, 0.2) is 0 Å². The number of likely N-dealkylation sites (tertiary alicyclic amines) is 1. The van der Waals surface area contributed by atoms with E-state index in [1.54, 1.807) is 0 Å². The van der Waals surface area contributed by atoms with Gasteiger partial charge in [0, 0.05) is 19.5 Å². The fourth-order valence-electron chi connectivity index (χ4n) is 10.1. The first-order chi connectivity index (χ1) is 17.1. The Morgan fingerprint density at radius 2 is 1.78 bits per heavy atom. The van der Waals surface area contributed by atoms with Crippen LogP contribution in [0.3, 0.4) is 0 Å². The minimum Gasteiger partial charge on any atom is -0.393 e. The number of amides is 1. The lowest BCUT2D eigenvalue weighted by Gasteiger charge is -2.63. The lowest BCUT2D eigenvalue weighted by molar-refractivity contribution is -0.207. The molecule has 1 heterocycles. The summed E-state index contributed by atoms with van der Waals surface area (Å²) in [5, 5.41) is 36.6. The molecule has 0 aromatic heterocycles. The van der Waals surface area contributed by atoms with Gasteiger partial charge in [-0.3, -0.25) is 4.79 Å². The highest BCUT2D eigenvalue weighted by Crippen LogP contribution is 2.68. The summed E-state index contributed by atoms with van der Waals surface area (Å²) < 4.78 is 0. The average molecular weight is 505 g/mol. The molecule has 11 atom stereocenters. The Morgan fingerprint density at radius 3 is 2.53 bits per heavy atom. The van der Waals surface area contributed by atoms with Crippen LogP contribution in [-0.2, 0) is 4.79 Å². The normalized spacial score (nSPS) is 47.6. The van der Waals surface area contributed by atoms with Crippen LogP contribution in [0, 0.1) is 46.3 Å². The average Bonchev–Trinajstić information content (AvgIpc) is 3.48. The standard InChI is InChI=1S/C30H52N2O4/c1-19(6-9-27(36)31-12-15-32-13-4-5-14-32)22-7-8-23-28-24(18-26(35)30(22,23)3)29(2)11-10-21(33)16-20(29)17-25(28)34/h19-26,28,33-35H,4-18H2,1-3H3,(H,31,36)/t19-,20+,21-,22?,23+,24+,25-,26+,28+,29+,30-/m1/s1. The van der Waals surface area contributed by atoms with Crippen LogP contribution in [0.2, 0.25) is 0 Å². The van der Waals surface area contributed by atoms with Gasteiger partial charge in [0.05, 0.1) is 18.3 Å². The van der Waals surface area contributed by atoms with Crippen molar-refractivity contribution in [3.05, 3.63) is 0 Å². The van der Waals surface area contributed by atoms with E-state index in [2.05, 4.69) is 31.0 Å². The maximum atomic E-state index is 12.6. The summed E-state index contributed by atoms with van der Waals surface area (Å²) in [4.78, 5) is 15.0. The Bertz CT molecular complexity index is 787. The summed E-state index contributed by atoms with van der Waals surface area (Å²) in [5.41, 5.74) is -0.0759. The third-order valence-electron chi connectivity index (χ3n) is 12.3. The van der Waals surface area contributed by atoms with E-state index in [1.165, 1.54) is 12.8 Å². The monoisotopic (exact) mass is 504 g/mol. The molecule has 206 valence electrons. The number of rotatable bonds is 7.